The van der Waals surface area contributed by atoms with Crippen LogP contribution in [0.1, 0.15) is 54.5 Å². The van der Waals surface area contributed by atoms with Gasteiger partial charge in [0.15, 0.2) is 17.3 Å². The van der Waals surface area contributed by atoms with Crippen molar-refractivity contribution in [3.63, 3.8) is 0 Å². The van der Waals surface area contributed by atoms with E-state index in [-0.39, 0.29) is 39.5 Å². The van der Waals surface area contributed by atoms with Crippen LogP contribution in [0.4, 0.5) is 0 Å². The third kappa shape index (κ3) is 3.61. The van der Waals surface area contributed by atoms with E-state index in [9.17, 15) is 24.6 Å². The second-order valence-electron chi connectivity index (χ2n) is 9.62. The standard InChI is InChI=1S/C28H27N3O6/c1-13-24(34)22(15(3)32)26-23(25(13)35)28(4)19(37-26)12-18(33)21(27(28)36)14(2)29-11-7-10-20-30-16-8-5-6-9-17(16)31-20/h5-6,8-9,12,29,34-35H,7,10-11H2,1-4H3,(H,30,31)/b21-14+/t28-/m0/s1. The minimum Gasteiger partial charge on any atom is -0.507 e. The number of aryl methyl sites for hydroxylation is 1. The summed E-state index contributed by atoms with van der Waals surface area (Å²) in [5.74, 6) is -1.55. The molecule has 2 aromatic carbocycles. The number of ether oxygens (including phenoxy) is 1. The van der Waals surface area contributed by atoms with Crippen molar-refractivity contribution in [1.82, 2.24) is 15.3 Å². The molecule has 9 heteroatoms. The first-order valence-corrected chi connectivity index (χ1v) is 12.0. The molecule has 0 unspecified atom stereocenters. The summed E-state index contributed by atoms with van der Waals surface area (Å²) in [5.41, 5.74) is 0.717. The van der Waals surface area contributed by atoms with Gasteiger partial charge in [-0.25, -0.2) is 4.98 Å². The molecule has 1 atom stereocenters. The van der Waals surface area contributed by atoms with E-state index in [4.69, 9.17) is 4.74 Å². The Morgan fingerprint density at radius 3 is 2.59 bits per heavy atom. The molecule has 4 N–H and O–H groups in total. The number of carbonyl (C=O) groups is 3. The van der Waals surface area contributed by atoms with Crippen LogP contribution in [0, 0.1) is 6.92 Å². The number of hydrogen-bond donors (Lipinski definition) is 4. The molecule has 9 nitrogen and oxygen atoms in total. The largest absolute Gasteiger partial charge is 0.507 e. The summed E-state index contributed by atoms with van der Waals surface area (Å²) in [6.07, 6.45) is 2.60. The molecule has 1 aliphatic carbocycles. The van der Waals surface area contributed by atoms with Crippen LogP contribution < -0.4 is 10.1 Å². The van der Waals surface area contributed by atoms with Gasteiger partial charge >= 0.3 is 0 Å². The maximum absolute atomic E-state index is 13.8. The van der Waals surface area contributed by atoms with Gasteiger partial charge in [-0.2, -0.15) is 0 Å². The average Bonchev–Trinajstić information content (AvgIpc) is 3.39. The Balaban J connectivity index is 1.42. The van der Waals surface area contributed by atoms with Crippen molar-refractivity contribution in [1.29, 1.82) is 0 Å². The van der Waals surface area contributed by atoms with Gasteiger partial charge in [0, 0.05) is 30.3 Å². The summed E-state index contributed by atoms with van der Waals surface area (Å²) in [7, 11) is 0. The number of nitrogens with one attached hydrogen (secondary N) is 2. The lowest BCUT2D eigenvalue weighted by Crippen LogP contribution is -2.41. The quantitative estimate of drug-likeness (QED) is 0.174. The Labute approximate surface area is 212 Å². The number of hydrogen-bond acceptors (Lipinski definition) is 8. The van der Waals surface area contributed by atoms with Crippen LogP contribution in [0.3, 0.4) is 0 Å². The van der Waals surface area contributed by atoms with Gasteiger partial charge in [-0.1, -0.05) is 12.1 Å². The fourth-order valence-corrected chi connectivity index (χ4v) is 5.11. The van der Waals surface area contributed by atoms with E-state index in [1.54, 1.807) is 13.8 Å². The Morgan fingerprint density at radius 1 is 1.16 bits per heavy atom. The van der Waals surface area contributed by atoms with Crippen molar-refractivity contribution in [2.45, 2.75) is 46.0 Å². The number of aromatic hydroxyl groups is 2. The number of imidazole rings is 1. The molecule has 0 saturated heterocycles. The van der Waals surface area contributed by atoms with E-state index in [1.807, 2.05) is 24.3 Å². The molecule has 0 amide bonds. The Hall–Kier alpha value is -4.40. The van der Waals surface area contributed by atoms with Crippen molar-refractivity contribution in [3.05, 3.63) is 69.9 Å². The molecular formula is C28H27N3O6. The van der Waals surface area contributed by atoms with E-state index in [1.165, 1.54) is 19.9 Å². The third-order valence-corrected chi connectivity index (χ3v) is 7.18. The van der Waals surface area contributed by atoms with Crippen molar-refractivity contribution in [3.8, 4) is 17.2 Å². The number of Topliss-reactive ketones (excluding diaryl/α,β-unsaturated/α-hetero) is 2. The minimum atomic E-state index is -1.53. The molecule has 1 aromatic heterocycles. The molecule has 190 valence electrons. The number of allylic oxidation sites excluding steroid dienone is 4. The van der Waals surface area contributed by atoms with Crippen molar-refractivity contribution in [2.75, 3.05) is 6.54 Å². The number of nitrogens with zero attached hydrogens (tertiary/aromatic N) is 1. The molecule has 3 aromatic rings. The maximum atomic E-state index is 13.8. The molecular weight excluding hydrogens is 474 g/mol. The van der Waals surface area contributed by atoms with Crippen molar-refractivity contribution < 1.29 is 29.3 Å². The van der Waals surface area contributed by atoms with Gasteiger partial charge in [-0.15, -0.1) is 0 Å². The van der Waals surface area contributed by atoms with Gasteiger partial charge in [0.1, 0.15) is 39.8 Å². The highest BCUT2D eigenvalue weighted by molar-refractivity contribution is 6.31. The monoisotopic (exact) mass is 501 g/mol. The molecule has 0 bridgehead atoms. The lowest BCUT2D eigenvalue weighted by molar-refractivity contribution is -0.123. The first kappa shape index (κ1) is 24.3. The molecule has 37 heavy (non-hydrogen) atoms. The fourth-order valence-electron chi connectivity index (χ4n) is 5.11. The zero-order valence-electron chi connectivity index (χ0n) is 21.0. The molecule has 0 spiro atoms. The van der Waals surface area contributed by atoms with E-state index in [0.717, 1.165) is 16.9 Å². The van der Waals surface area contributed by atoms with Gasteiger partial charge in [-0.3, -0.25) is 14.4 Å². The van der Waals surface area contributed by atoms with Crippen LogP contribution in [0.2, 0.25) is 0 Å². The zero-order valence-corrected chi connectivity index (χ0v) is 21.0. The van der Waals surface area contributed by atoms with Gasteiger partial charge in [-0.05, 0) is 46.2 Å². The number of rotatable bonds is 6. The molecule has 2 heterocycles. The topological polar surface area (TPSA) is 142 Å². The predicted molar refractivity (Wildman–Crippen MR) is 136 cm³/mol. The number of phenols is 2. The Morgan fingerprint density at radius 2 is 1.89 bits per heavy atom. The van der Waals surface area contributed by atoms with Gasteiger partial charge in [0.25, 0.3) is 0 Å². The normalized spacial score (nSPS) is 19.8. The SMILES string of the molecule is CC(=O)c1c(O)c(C)c(O)c2c1OC1=CC(=O)/C(=C(/C)NCCCc3nc4ccccc4[nH]3)C(=O)[C@@]12C. The van der Waals surface area contributed by atoms with Gasteiger partial charge in [0.2, 0.25) is 0 Å². The van der Waals surface area contributed by atoms with Crippen LogP contribution in [0.5, 0.6) is 17.2 Å². The summed E-state index contributed by atoms with van der Waals surface area (Å²) in [4.78, 5) is 47.0. The number of benzene rings is 2. The average molecular weight is 502 g/mol. The predicted octanol–water partition coefficient (Wildman–Crippen LogP) is 3.67. The van der Waals surface area contributed by atoms with E-state index < -0.39 is 28.5 Å². The third-order valence-electron chi connectivity index (χ3n) is 7.18. The lowest BCUT2D eigenvalue weighted by atomic mass is 9.70. The van der Waals surface area contributed by atoms with Gasteiger partial charge in [0.05, 0.1) is 22.2 Å². The molecule has 1 aliphatic heterocycles. The maximum Gasteiger partial charge on any atom is 0.194 e. The number of aromatic nitrogens is 2. The number of phenolic OH excluding ortho intramolecular Hbond substituents is 2. The fraction of sp³-hybridized carbons (Fsp3) is 0.286. The highest BCUT2D eigenvalue weighted by atomic mass is 16.5. The number of fused-ring (bicyclic) bond motifs is 4. The Bertz CT molecular complexity index is 1550. The summed E-state index contributed by atoms with van der Waals surface area (Å²) < 4.78 is 5.79. The van der Waals surface area contributed by atoms with E-state index in [0.29, 0.717) is 25.1 Å². The summed E-state index contributed by atoms with van der Waals surface area (Å²) in [6.45, 7) is 6.42. The minimum absolute atomic E-state index is 0.0155. The van der Waals surface area contributed by atoms with Crippen molar-refractivity contribution in [2.24, 2.45) is 0 Å². The number of H-pyrrole nitrogens is 1. The molecule has 0 radical (unpaired) electrons. The van der Waals surface area contributed by atoms with E-state index in [2.05, 4.69) is 15.3 Å². The number of ketones is 3. The van der Waals surface area contributed by atoms with Crippen LogP contribution in [0.25, 0.3) is 11.0 Å². The second kappa shape index (κ2) is 8.62. The molecule has 5 rings (SSSR count). The van der Waals surface area contributed by atoms with E-state index >= 15 is 0 Å². The van der Waals surface area contributed by atoms with Crippen molar-refractivity contribution >= 4 is 28.4 Å². The summed E-state index contributed by atoms with van der Waals surface area (Å²) >= 11 is 0. The zero-order chi connectivity index (χ0) is 26.6. The first-order chi connectivity index (χ1) is 17.6. The van der Waals surface area contributed by atoms with Crippen LogP contribution in [-0.2, 0) is 21.4 Å². The highest BCUT2D eigenvalue weighted by Crippen LogP contribution is 2.57. The summed E-state index contributed by atoms with van der Waals surface area (Å²) in [6, 6.07) is 7.78. The highest BCUT2D eigenvalue weighted by Gasteiger charge is 2.56. The second-order valence-corrected chi connectivity index (χ2v) is 9.62. The smallest absolute Gasteiger partial charge is 0.194 e. The lowest BCUT2D eigenvalue weighted by Gasteiger charge is -2.29. The number of para-hydroxylation sites is 2. The molecule has 0 saturated carbocycles. The van der Waals surface area contributed by atoms with Crippen LogP contribution >= 0.6 is 0 Å². The first-order valence-electron chi connectivity index (χ1n) is 12.0. The van der Waals surface area contributed by atoms with Crippen LogP contribution in [0.15, 0.2) is 47.4 Å². The molecule has 2 aliphatic rings. The summed E-state index contributed by atoms with van der Waals surface area (Å²) in [5, 5.41) is 24.5. The molecule has 0 fully saturated rings. The number of carbonyl (C=O) groups excluding carboxylic acids is 3. The van der Waals surface area contributed by atoms with Crippen LogP contribution in [-0.4, -0.2) is 44.1 Å². The van der Waals surface area contributed by atoms with Gasteiger partial charge < -0.3 is 25.3 Å². The number of aromatic amines is 1. The Kier molecular flexibility index (Phi) is 5.66.